The van der Waals surface area contributed by atoms with Gasteiger partial charge in [0, 0.05) is 194 Å². The molecule has 0 amide bonds. The number of hydrogen-bond acceptors (Lipinski definition) is 27. The zero-order valence-corrected chi connectivity index (χ0v) is 68.2. The van der Waals surface area contributed by atoms with Gasteiger partial charge in [-0.3, -0.25) is 30.5 Å². The van der Waals surface area contributed by atoms with Crippen LogP contribution in [-0.4, -0.2) is 211 Å². The lowest BCUT2D eigenvalue weighted by molar-refractivity contribution is 0.0701. The van der Waals surface area contributed by atoms with Crippen LogP contribution in [0.1, 0.15) is 163 Å². The standard InChI is InChI=1S/C54H132N9O18P3Si6/c1-19-64-85(65-20-2,66-21-3)49-37-43-55-82(56-44-38-50-86(67-22-4,68-23-5)69-24-6)61-83(57-45-39-51-87(70-25-7,71-26-8)72-27-9,58-46-40-52-88(73-28-10,74-29-11)75-30-12)63-84(62-82,59-47-41-53-89(76-31-13,77-32-14)78-33-15)60-48-42-54-90(79-34-16,80-35-17)81-36-18/h55-60H,19-54H2,1-18H3. The van der Waals surface area contributed by atoms with Gasteiger partial charge < -0.3 is 79.7 Å². The van der Waals surface area contributed by atoms with Crippen molar-refractivity contribution >= 4 is 75.3 Å². The second kappa shape index (κ2) is 51.2. The van der Waals surface area contributed by atoms with Crippen molar-refractivity contribution < 1.29 is 79.7 Å². The summed E-state index contributed by atoms with van der Waals surface area (Å²) in [7, 11) is -28.4. The highest BCUT2D eigenvalue weighted by molar-refractivity contribution is 7.83. The average Bonchev–Trinajstić information content (AvgIpc) is 0.755. The van der Waals surface area contributed by atoms with Crippen LogP contribution in [-0.2, 0) is 79.7 Å². The predicted octanol–water partition coefficient (Wildman–Crippen LogP) is 12.0. The molecular formula is C54H132N9O18P3Si6. The molecule has 0 atom stereocenters. The quantitative estimate of drug-likeness (QED) is 0.0188. The Morgan fingerprint density at radius 1 is 0.189 bits per heavy atom. The molecule has 1 aliphatic heterocycles. The van der Waals surface area contributed by atoms with Crippen molar-refractivity contribution in [1.29, 1.82) is 0 Å². The van der Waals surface area contributed by atoms with E-state index in [9.17, 15) is 0 Å². The summed E-state index contributed by atoms with van der Waals surface area (Å²) in [6, 6.07) is 3.45. The number of hydrogen-bond donors (Lipinski definition) is 6. The van der Waals surface area contributed by atoms with Crippen LogP contribution in [0.4, 0.5) is 0 Å². The zero-order valence-electron chi connectivity index (χ0n) is 59.5. The highest BCUT2D eigenvalue weighted by Gasteiger charge is 2.46. The SMILES string of the molecule is CCO[Si](CCCNP1(NCCC[Si](OCC)(OCC)OCC)=NP(NCCC[Si](OCC)(OCC)OCC)(NCCC[Si](OCC)(OCC)OCC)=NP(NCCC[Si](OCC)(OCC)OCC)(NCCC[Si](OCC)(OCC)OCC)=N1)(OCC)OCC. The summed E-state index contributed by atoms with van der Waals surface area (Å²) in [6.07, 6.45) is 3.84. The number of rotatable bonds is 66. The maximum Gasteiger partial charge on any atom is 0.500 e. The Balaban J connectivity index is 4.79. The third-order valence-electron chi connectivity index (χ3n) is 13.3. The summed E-state index contributed by atoms with van der Waals surface area (Å²) >= 11 is 0. The Morgan fingerprint density at radius 3 is 0.378 bits per heavy atom. The normalized spacial score (nSPS) is 15.5. The molecule has 0 aromatic heterocycles. The van der Waals surface area contributed by atoms with Crippen LogP contribution in [0.2, 0.25) is 36.3 Å². The van der Waals surface area contributed by atoms with Crippen LogP contribution in [0.15, 0.2) is 13.5 Å². The molecule has 0 saturated heterocycles. The molecule has 1 rings (SSSR count). The van der Waals surface area contributed by atoms with Gasteiger partial charge in [0.25, 0.3) is 0 Å². The first-order valence-electron chi connectivity index (χ1n) is 34.4. The maximum atomic E-state index is 6.40. The first kappa shape index (κ1) is 89.0. The van der Waals surface area contributed by atoms with Gasteiger partial charge in [-0.1, -0.05) is 0 Å². The van der Waals surface area contributed by atoms with Gasteiger partial charge in [-0.2, -0.15) is 13.5 Å². The summed E-state index contributed by atoms with van der Waals surface area (Å²) in [5.41, 5.74) is 0. The molecule has 0 spiro atoms. The average molecular weight is 1460 g/mol. The largest absolute Gasteiger partial charge is 0.500 e. The Bertz CT molecular complexity index is 1530. The molecule has 0 radical (unpaired) electrons. The van der Waals surface area contributed by atoms with Crippen molar-refractivity contribution in [3.05, 3.63) is 0 Å². The van der Waals surface area contributed by atoms with Crippen LogP contribution < -0.4 is 30.5 Å². The second-order valence-electron chi connectivity index (χ2n) is 20.0. The molecule has 0 aliphatic carbocycles. The highest BCUT2D eigenvalue weighted by atomic mass is 31.3. The van der Waals surface area contributed by atoms with Gasteiger partial charge in [-0.05, 0) is 163 Å². The summed E-state index contributed by atoms with van der Waals surface area (Å²) < 4.78 is 133. The van der Waals surface area contributed by atoms with E-state index in [2.05, 4.69) is 30.5 Å². The van der Waals surface area contributed by atoms with E-state index in [0.717, 1.165) is 0 Å². The van der Waals surface area contributed by atoms with Crippen LogP contribution in [0, 0.1) is 0 Å². The molecule has 1 heterocycles. The minimum absolute atomic E-state index is 0.467. The monoisotopic (exact) mass is 1460 g/mol. The van der Waals surface area contributed by atoms with E-state index in [0.29, 0.717) is 233 Å². The fourth-order valence-electron chi connectivity index (χ4n) is 10.4. The molecule has 0 aromatic rings. The summed E-state index contributed by atoms with van der Waals surface area (Å²) in [4.78, 5) is 0. The molecule has 27 nitrogen and oxygen atoms in total. The fraction of sp³-hybridized carbons (Fsp3) is 1.00. The molecule has 0 bridgehead atoms. The lowest BCUT2D eigenvalue weighted by atomic mass is 10.5. The van der Waals surface area contributed by atoms with Gasteiger partial charge in [0.15, 0.2) is 0 Å². The lowest BCUT2D eigenvalue weighted by Gasteiger charge is -2.39. The van der Waals surface area contributed by atoms with Gasteiger partial charge >= 0.3 is 52.8 Å². The second-order valence-corrected chi connectivity index (χ2v) is 44.1. The smallest absolute Gasteiger partial charge is 0.374 e. The Labute approximate surface area is 553 Å². The number of nitrogens with zero attached hydrogens (tertiary/aromatic N) is 3. The van der Waals surface area contributed by atoms with Crippen LogP contribution in [0.3, 0.4) is 0 Å². The van der Waals surface area contributed by atoms with Crippen molar-refractivity contribution in [3.63, 3.8) is 0 Å². The van der Waals surface area contributed by atoms with Crippen molar-refractivity contribution in [1.82, 2.24) is 30.5 Å². The Hall–Kier alpha value is 1.03. The first-order valence-corrected chi connectivity index (χ1v) is 51.1. The molecule has 6 N–H and O–H groups in total. The minimum atomic E-state index is -3.31. The van der Waals surface area contributed by atoms with Gasteiger partial charge in [0.2, 0.25) is 22.5 Å². The van der Waals surface area contributed by atoms with E-state index in [-0.39, 0.29) is 0 Å². The van der Waals surface area contributed by atoms with E-state index < -0.39 is 75.3 Å². The van der Waals surface area contributed by atoms with Gasteiger partial charge in [-0.15, -0.1) is 0 Å². The van der Waals surface area contributed by atoms with Gasteiger partial charge in [0.05, 0.1) is 0 Å². The van der Waals surface area contributed by atoms with Crippen molar-refractivity contribution in [2.24, 2.45) is 13.5 Å². The molecule has 0 unspecified atom stereocenters. The molecule has 0 saturated carbocycles. The molecule has 0 fully saturated rings. The molecular weight excluding hydrogens is 1320 g/mol. The van der Waals surface area contributed by atoms with Crippen LogP contribution in [0.5, 0.6) is 0 Å². The highest BCUT2D eigenvalue weighted by Crippen LogP contribution is 2.71. The number of nitrogens with one attached hydrogen (secondary N) is 6. The zero-order chi connectivity index (χ0) is 67.0. The molecule has 540 valence electrons. The van der Waals surface area contributed by atoms with Crippen LogP contribution >= 0.6 is 22.5 Å². The van der Waals surface area contributed by atoms with E-state index in [1.165, 1.54) is 0 Å². The van der Waals surface area contributed by atoms with Crippen LogP contribution in [0.25, 0.3) is 0 Å². The molecule has 0 aromatic carbocycles. The van der Waals surface area contributed by atoms with Gasteiger partial charge in [0.1, 0.15) is 0 Å². The Morgan fingerprint density at radius 2 is 0.289 bits per heavy atom. The van der Waals surface area contributed by atoms with E-state index >= 15 is 0 Å². The van der Waals surface area contributed by atoms with E-state index in [4.69, 9.17) is 93.2 Å². The molecule has 90 heavy (non-hydrogen) atoms. The molecule has 36 heteroatoms. The van der Waals surface area contributed by atoms with E-state index in [1.54, 1.807) is 0 Å². The maximum absolute atomic E-state index is 6.40. The van der Waals surface area contributed by atoms with Crippen molar-refractivity contribution in [2.75, 3.05) is 158 Å². The summed E-state index contributed by atoms with van der Waals surface area (Å²) in [5, 5.41) is 24.2. The van der Waals surface area contributed by atoms with Crippen molar-refractivity contribution in [2.45, 2.75) is 199 Å². The first-order chi connectivity index (χ1) is 43.5. The summed E-state index contributed by atoms with van der Waals surface area (Å²) in [6.45, 7) is 47.0. The summed E-state index contributed by atoms with van der Waals surface area (Å²) in [5.74, 6) is 0. The Kier molecular flexibility index (Phi) is 50.7. The van der Waals surface area contributed by atoms with Crippen molar-refractivity contribution in [3.8, 4) is 0 Å². The lowest BCUT2D eigenvalue weighted by Crippen LogP contribution is -2.46. The van der Waals surface area contributed by atoms with E-state index in [1.807, 2.05) is 125 Å². The third kappa shape index (κ3) is 32.8. The third-order valence-corrected chi connectivity index (χ3v) is 42.4. The predicted molar refractivity (Wildman–Crippen MR) is 376 cm³/mol. The topological polar surface area (TPSA) is 275 Å². The fourth-order valence-corrected chi connectivity index (χ4v) is 38.2. The van der Waals surface area contributed by atoms with Gasteiger partial charge in [-0.25, -0.2) is 0 Å². The molecule has 1 aliphatic rings. The minimum Gasteiger partial charge on any atom is -0.374 e.